The molecule has 0 aromatic carbocycles. The summed E-state index contributed by atoms with van der Waals surface area (Å²) in [7, 11) is 1.89. The van der Waals surface area contributed by atoms with E-state index in [9.17, 15) is 5.11 Å². The van der Waals surface area contributed by atoms with Gasteiger partial charge in [0.15, 0.2) is 0 Å². The van der Waals surface area contributed by atoms with Crippen LogP contribution in [-0.2, 0) is 6.54 Å². The largest absolute Gasteiger partial charge is 0.393 e. The summed E-state index contributed by atoms with van der Waals surface area (Å²) in [5.41, 5.74) is 1.11. The molecule has 1 fully saturated rings. The molecule has 1 saturated heterocycles. The van der Waals surface area contributed by atoms with E-state index in [-0.39, 0.29) is 6.10 Å². The molecule has 0 aliphatic carbocycles. The van der Waals surface area contributed by atoms with Crippen LogP contribution in [0.2, 0.25) is 0 Å². The van der Waals surface area contributed by atoms with Crippen molar-refractivity contribution in [1.29, 1.82) is 0 Å². The van der Waals surface area contributed by atoms with Crippen LogP contribution < -0.4 is 5.32 Å². The molecule has 2 heterocycles. The second-order valence-corrected chi connectivity index (χ2v) is 5.12. The molecule has 0 spiro atoms. The van der Waals surface area contributed by atoms with Gasteiger partial charge in [0.05, 0.1) is 11.8 Å². The third kappa shape index (κ3) is 3.43. The van der Waals surface area contributed by atoms with E-state index in [1.54, 1.807) is 0 Å². The van der Waals surface area contributed by atoms with Gasteiger partial charge in [-0.25, -0.2) is 4.98 Å². The second-order valence-electron chi connectivity index (χ2n) is 5.12. The quantitative estimate of drug-likeness (QED) is 0.853. The highest BCUT2D eigenvalue weighted by Crippen LogP contribution is 2.21. The zero-order chi connectivity index (χ0) is 13.0. The van der Waals surface area contributed by atoms with Gasteiger partial charge in [0.1, 0.15) is 5.82 Å². The average molecular weight is 249 g/mol. The molecular formula is C14H23N3O. The van der Waals surface area contributed by atoms with Crippen LogP contribution in [0.4, 0.5) is 5.82 Å². The van der Waals surface area contributed by atoms with Gasteiger partial charge in [-0.2, -0.15) is 0 Å². The highest BCUT2D eigenvalue weighted by molar-refractivity contribution is 5.34. The fourth-order valence-electron chi connectivity index (χ4n) is 2.53. The van der Waals surface area contributed by atoms with Crippen LogP contribution in [0.3, 0.4) is 0 Å². The monoisotopic (exact) mass is 249 g/mol. The van der Waals surface area contributed by atoms with Gasteiger partial charge in [0.2, 0.25) is 0 Å². The summed E-state index contributed by atoms with van der Waals surface area (Å²) in [4.78, 5) is 6.95. The Balaban J connectivity index is 1.87. The summed E-state index contributed by atoms with van der Waals surface area (Å²) in [6, 6.07) is 6.08. The van der Waals surface area contributed by atoms with Crippen molar-refractivity contribution in [2.45, 2.75) is 32.4 Å². The summed E-state index contributed by atoms with van der Waals surface area (Å²) >= 11 is 0. The van der Waals surface area contributed by atoms with Crippen LogP contribution in [0.5, 0.6) is 0 Å². The maximum Gasteiger partial charge on any atom is 0.126 e. The molecular weight excluding hydrogens is 226 g/mol. The van der Waals surface area contributed by atoms with Crippen LogP contribution in [0, 0.1) is 5.92 Å². The number of hydrogen-bond donors (Lipinski definition) is 2. The third-order valence-electron chi connectivity index (χ3n) is 3.76. The number of piperidine rings is 1. The number of nitrogens with zero attached hydrogens (tertiary/aromatic N) is 2. The van der Waals surface area contributed by atoms with Crippen LogP contribution >= 0.6 is 0 Å². The SMILES string of the molecule is CNc1cccc(CN2CCC(C(C)O)CC2)n1. The molecule has 4 nitrogen and oxygen atoms in total. The number of aliphatic hydroxyl groups is 1. The molecule has 1 aliphatic rings. The average Bonchev–Trinajstić information content (AvgIpc) is 2.39. The number of likely N-dealkylation sites (tertiary alicyclic amines) is 1. The lowest BCUT2D eigenvalue weighted by molar-refractivity contribution is 0.0691. The molecule has 2 N–H and O–H groups in total. The van der Waals surface area contributed by atoms with E-state index in [0.29, 0.717) is 5.92 Å². The highest BCUT2D eigenvalue weighted by Gasteiger charge is 2.22. The van der Waals surface area contributed by atoms with Gasteiger partial charge in [0.25, 0.3) is 0 Å². The Labute approximate surface area is 109 Å². The topological polar surface area (TPSA) is 48.4 Å². The molecule has 0 saturated carbocycles. The molecule has 4 heteroatoms. The standard InChI is InChI=1S/C14H23N3O/c1-11(18)12-6-8-17(9-7-12)10-13-4-3-5-14(15-2)16-13/h3-5,11-12,18H,6-10H2,1-2H3,(H,15,16). The maximum atomic E-state index is 9.58. The van der Waals surface area contributed by atoms with Gasteiger partial charge < -0.3 is 10.4 Å². The van der Waals surface area contributed by atoms with Crippen LogP contribution in [0.1, 0.15) is 25.5 Å². The van der Waals surface area contributed by atoms with Gasteiger partial charge in [-0.15, -0.1) is 0 Å². The number of nitrogens with one attached hydrogen (secondary N) is 1. The fourth-order valence-corrected chi connectivity index (χ4v) is 2.53. The molecule has 1 aromatic heterocycles. The van der Waals surface area contributed by atoms with Crippen molar-refractivity contribution in [3.8, 4) is 0 Å². The summed E-state index contributed by atoms with van der Waals surface area (Å²) in [6.45, 7) is 4.92. The minimum atomic E-state index is -0.169. The first-order valence-electron chi connectivity index (χ1n) is 6.73. The number of aromatic nitrogens is 1. The molecule has 1 aliphatic heterocycles. The molecule has 0 radical (unpaired) electrons. The van der Waals surface area contributed by atoms with Gasteiger partial charge >= 0.3 is 0 Å². The number of pyridine rings is 1. The molecule has 0 bridgehead atoms. The summed E-state index contributed by atoms with van der Waals surface area (Å²) < 4.78 is 0. The minimum Gasteiger partial charge on any atom is -0.393 e. The predicted molar refractivity (Wildman–Crippen MR) is 73.5 cm³/mol. The van der Waals surface area contributed by atoms with E-state index < -0.39 is 0 Å². The van der Waals surface area contributed by atoms with Crippen LogP contribution in [0.15, 0.2) is 18.2 Å². The van der Waals surface area contributed by atoms with Crippen molar-refractivity contribution in [3.05, 3.63) is 23.9 Å². The molecule has 0 amide bonds. The van der Waals surface area contributed by atoms with E-state index in [1.807, 2.05) is 26.1 Å². The Kier molecular flexibility index (Phi) is 4.55. The summed E-state index contributed by atoms with van der Waals surface area (Å²) in [6.07, 6.45) is 2.00. The first kappa shape index (κ1) is 13.3. The first-order chi connectivity index (χ1) is 8.69. The number of aliphatic hydroxyl groups excluding tert-OH is 1. The van der Waals surface area contributed by atoms with Crippen LogP contribution in [0.25, 0.3) is 0 Å². The van der Waals surface area contributed by atoms with Crippen molar-refractivity contribution >= 4 is 5.82 Å². The van der Waals surface area contributed by atoms with E-state index in [2.05, 4.69) is 21.3 Å². The number of rotatable bonds is 4. The van der Waals surface area contributed by atoms with Crippen molar-refractivity contribution < 1.29 is 5.11 Å². The van der Waals surface area contributed by atoms with E-state index in [0.717, 1.165) is 44.0 Å². The van der Waals surface area contributed by atoms with Crippen LogP contribution in [-0.4, -0.2) is 41.2 Å². The molecule has 2 rings (SSSR count). The Bertz CT molecular complexity index is 373. The zero-order valence-electron chi connectivity index (χ0n) is 11.3. The van der Waals surface area contributed by atoms with Crippen molar-refractivity contribution in [2.24, 2.45) is 5.92 Å². The molecule has 1 aromatic rings. The van der Waals surface area contributed by atoms with E-state index >= 15 is 0 Å². The predicted octanol–water partition coefficient (Wildman–Crippen LogP) is 1.72. The number of hydrogen-bond acceptors (Lipinski definition) is 4. The molecule has 100 valence electrons. The summed E-state index contributed by atoms with van der Waals surface area (Å²) in [5, 5.41) is 12.6. The Morgan fingerprint density at radius 3 is 2.78 bits per heavy atom. The highest BCUT2D eigenvalue weighted by atomic mass is 16.3. The Hall–Kier alpha value is -1.13. The smallest absolute Gasteiger partial charge is 0.126 e. The maximum absolute atomic E-state index is 9.58. The number of anilines is 1. The zero-order valence-corrected chi connectivity index (χ0v) is 11.3. The Morgan fingerprint density at radius 1 is 1.44 bits per heavy atom. The van der Waals surface area contributed by atoms with Gasteiger partial charge in [-0.05, 0) is 50.9 Å². The lowest BCUT2D eigenvalue weighted by Crippen LogP contribution is -2.36. The molecule has 18 heavy (non-hydrogen) atoms. The molecule has 1 unspecified atom stereocenters. The van der Waals surface area contributed by atoms with Crippen molar-refractivity contribution in [2.75, 3.05) is 25.5 Å². The fraction of sp³-hybridized carbons (Fsp3) is 0.643. The van der Waals surface area contributed by atoms with Gasteiger partial charge in [0, 0.05) is 13.6 Å². The van der Waals surface area contributed by atoms with Gasteiger partial charge in [-0.3, -0.25) is 4.90 Å². The molecule has 1 atom stereocenters. The van der Waals surface area contributed by atoms with Crippen molar-refractivity contribution in [1.82, 2.24) is 9.88 Å². The normalized spacial score (nSPS) is 19.7. The third-order valence-corrected chi connectivity index (χ3v) is 3.76. The summed E-state index contributed by atoms with van der Waals surface area (Å²) in [5.74, 6) is 1.39. The van der Waals surface area contributed by atoms with E-state index in [1.165, 1.54) is 0 Å². The van der Waals surface area contributed by atoms with Gasteiger partial charge in [-0.1, -0.05) is 6.07 Å². The lowest BCUT2D eigenvalue weighted by Gasteiger charge is -2.33. The first-order valence-corrected chi connectivity index (χ1v) is 6.73. The van der Waals surface area contributed by atoms with Crippen molar-refractivity contribution in [3.63, 3.8) is 0 Å². The minimum absolute atomic E-state index is 0.169. The lowest BCUT2D eigenvalue weighted by atomic mass is 9.92. The second kappa shape index (κ2) is 6.16. The van der Waals surface area contributed by atoms with E-state index in [4.69, 9.17) is 0 Å². The Morgan fingerprint density at radius 2 is 2.17 bits per heavy atom.